The van der Waals surface area contributed by atoms with Crippen LogP contribution in [0.25, 0.3) is 0 Å². The number of hydrogen-bond acceptors (Lipinski definition) is 1. The van der Waals surface area contributed by atoms with E-state index in [2.05, 4.69) is 15.2 Å². The number of rotatable bonds is 3. The molecule has 5 heteroatoms. The van der Waals surface area contributed by atoms with Gasteiger partial charge >= 0.3 is 0 Å². The highest BCUT2D eigenvalue weighted by Crippen LogP contribution is 2.35. The van der Waals surface area contributed by atoms with E-state index in [1.165, 1.54) is 25.7 Å². The molecule has 0 aromatic rings. The van der Waals surface area contributed by atoms with Gasteiger partial charge in [0.1, 0.15) is 0 Å². The van der Waals surface area contributed by atoms with Crippen molar-refractivity contribution >= 4 is 29.9 Å². The summed E-state index contributed by atoms with van der Waals surface area (Å²) in [6, 6.07) is 0. The van der Waals surface area contributed by atoms with E-state index in [1.54, 1.807) is 0 Å². The Labute approximate surface area is 127 Å². The monoisotopic (exact) mass is 369 g/mol. The zero-order chi connectivity index (χ0) is 12.1. The van der Waals surface area contributed by atoms with E-state index in [4.69, 9.17) is 0 Å². The summed E-state index contributed by atoms with van der Waals surface area (Å²) in [6.45, 7) is 2.71. The molecule has 2 unspecified atom stereocenters. The van der Waals surface area contributed by atoms with Gasteiger partial charge in [-0.25, -0.2) is 0 Å². The smallest absolute Gasteiger partial charge is 0.193 e. The summed E-state index contributed by atoms with van der Waals surface area (Å²) in [6.07, 6.45) is 6.11. The molecule has 1 saturated carbocycles. The van der Waals surface area contributed by atoms with Gasteiger partial charge in [-0.3, -0.25) is 9.38 Å². The molecule has 0 amide bonds. The second kappa shape index (κ2) is 8.17. The van der Waals surface area contributed by atoms with Crippen LogP contribution in [0.15, 0.2) is 4.99 Å². The molecule has 0 spiro atoms. The summed E-state index contributed by atoms with van der Waals surface area (Å²) in [7, 11) is 1.82. The van der Waals surface area contributed by atoms with Crippen molar-refractivity contribution in [3.63, 3.8) is 0 Å². The molecule has 2 fully saturated rings. The third-order valence-corrected chi connectivity index (χ3v) is 4.08. The molecule has 2 rings (SSSR count). The third-order valence-electron chi connectivity index (χ3n) is 4.08. The number of fused-ring (bicyclic) bond motifs is 1. The van der Waals surface area contributed by atoms with Crippen molar-refractivity contribution < 1.29 is 4.39 Å². The minimum absolute atomic E-state index is 0. The molecule has 0 aromatic carbocycles. The number of guanidine groups is 1. The minimum Gasteiger partial charge on any atom is -0.356 e. The first kappa shape index (κ1) is 16.0. The predicted octanol–water partition coefficient (Wildman–Crippen LogP) is 2.66. The fourth-order valence-electron chi connectivity index (χ4n) is 3.18. The maximum Gasteiger partial charge on any atom is 0.193 e. The number of nitrogens with zero attached hydrogens (tertiary/aromatic N) is 2. The topological polar surface area (TPSA) is 27.6 Å². The lowest BCUT2D eigenvalue weighted by atomic mass is 9.82. The number of nitrogens with one attached hydrogen (secondary N) is 1. The average Bonchev–Trinajstić information content (AvgIpc) is 2.78. The van der Waals surface area contributed by atoms with Gasteiger partial charge in [-0.2, -0.15) is 0 Å². The van der Waals surface area contributed by atoms with Crippen molar-refractivity contribution in [2.24, 2.45) is 16.8 Å². The van der Waals surface area contributed by atoms with Gasteiger partial charge in [-0.05, 0) is 31.1 Å². The zero-order valence-electron chi connectivity index (χ0n) is 11.2. The molecule has 18 heavy (non-hydrogen) atoms. The van der Waals surface area contributed by atoms with Crippen molar-refractivity contribution in [3.8, 4) is 0 Å². The van der Waals surface area contributed by atoms with Gasteiger partial charge in [0.2, 0.25) is 0 Å². The Balaban J connectivity index is 0.00000162. The van der Waals surface area contributed by atoms with Crippen molar-refractivity contribution in [1.29, 1.82) is 0 Å². The van der Waals surface area contributed by atoms with E-state index in [1.807, 2.05) is 7.05 Å². The van der Waals surface area contributed by atoms with E-state index >= 15 is 0 Å². The highest BCUT2D eigenvalue weighted by atomic mass is 127. The molecular formula is C13H25FIN3. The van der Waals surface area contributed by atoms with Crippen molar-refractivity contribution in [2.45, 2.75) is 32.1 Å². The molecule has 2 atom stereocenters. The van der Waals surface area contributed by atoms with Crippen molar-refractivity contribution in [2.75, 3.05) is 33.4 Å². The lowest BCUT2D eigenvalue weighted by Gasteiger charge is -2.22. The molecule has 1 aliphatic heterocycles. The van der Waals surface area contributed by atoms with Crippen LogP contribution in [-0.4, -0.2) is 44.2 Å². The summed E-state index contributed by atoms with van der Waals surface area (Å²) in [4.78, 5) is 6.67. The van der Waals surface area contributed by atoms with Crippen LogP contribution in [-0.2, 0) is 0 Å². The van der Waals surface area contributed by atoms with E-state index in [-0.39, 0.29) is 30.7 Å². The highest BCUT2D eigenvalue weighted by molar-refractivity contribution is 14.0. The van der Waals surface area contributed by atoms with Crippen molar-refractivity contribution in [1.82, 2.24) is 10.2 Å². The van der Waals surface area contributed by atoms with Crippen LogP contribution in [0.5, 0.6) is 0 Å². The summed E-state index contributed by atoms with van der Waals surface area (Å²) >= 11 is 0. The molecule has 1 N–H and O–H groups in total. The molecule has 1 aliphatic carbocycles. The SMILES string of the molecule is CN=C(NCCCF)N1CC2CCCCC2C1.I. The Bertz CT molecular complexity index is 259. The normalized spacial score (nSPS) is 27.7. The van der Waals surface area contributed by atoms with Crippen LogP contribution in [0.1, 0.15) is 32.1 Å². The Hall–Kier alpha value is -0.0700. The fourth-order valence-corrected chi connectivity index (χ4v) is 3.18. The Morgan fingerprint density at radius 2 is 1.89 bits per heavy atom. The first-order chi connectivity index (χ1) is 8.35. The van der Waals surface area contributed by atoms with Gasteiger partial charge in [0.25, 0.3) is 0 Å². The van der Waals surface area contributed by atoms with Gasteiger partial charge in [0.05, 0.1) is 6.67 Å². The molecule has 1 heterocycles. The first-order valence-electron chi connectivity index (χ1n) is 6.86. The molecule has 0 aromatic heterocycles. The second-order valence-corrected chi connectivity index (χ2v) is 5.23. The number of likely N-dealkylation sites (tertiary alicyclic amines) is 1. The quantitative estimate of drug-likeness (QED) is 0.359. The number of halogens is 2. The molecular weight excluding hydrogens is 344 g/mol. The van der Waals surface area contributed by atoms with E-state index in [0.29, 0.717) is 13.0 Å². The fraction of sp³-hybridized carbons (Fsp3) is 0.923. The minimum atomic E-state index is -0.255. The van der Waals surface area contributed by atoms with Crippen molar-refractivity contribution in [3.05, 3.63) is 0 Å². The van der Waals surface area contributed by atoms with Crippen LogP contribution in [0.2, 0.25) is 0 Å². The van der Waals surface area contributed by atoms with Gasteiger partial charge in [0.15, 0.2) is 5.96 Å². The van der Waals surface area contributed by atoms with Gasteiger partial charge in [0, 0.05) is 26.7 Å². The van der Waals surface area contributed by atoms with Crippen LogP contribution < -0.4 is 5.32 Å². The lowest BCUT2D eigenvalue weighted by Crippen LogP contribution is -2.40. The maximum atomic E-state index is 12.1. The number of alkyl halides is 1. The maximum absolute atomic E-state index is 12.1. The molecule has 3 nitrogen and oxygen atoms in total. The largest absolute Gasteiger partial charge is 0.356 e. The third kappa shape index (κ3) is 3.96. The summed E-state index contributed by atoms with van der Waals surface area (Å²) in [5.74, 6) is 2.69. The highest BCUT2D eigenvalue weighted by Gasteiger charge is 2.35. The Morgan fingerprint density at radius 3 is 2.39 bits per heavy atom. The molecule has 106 valence electrons. The Morgan fingerprint density at radius 1 is 1.28 bits per heavy atom. The lowest BCUT2D eigenvalue weighted by molar-refractivity contribution is 0.299. The second-order valence-electron chi connectivity index (χ2n) is 5.23. The van der Waals surface area contributed by atoms with Gasteiger partial charge in [-0.15, -0.1) is 24.0 Å². The first-order valence-corrected chi connectivity index (χ1v) is 6.86. The van der Waals surface area contributed by atoms with E-state index < -0.39 is 0 Å². The van der Waals surface area contributed by atoms with Crippen LogP contribution in [0.4, 0.5) is 4.39 Å². The number of aliphatic imine (C=N–C) groups is 1. The summed E-state index contributed by atoms with van der Waals surface area (Å²) in [5, 5.41) is 3.26. The summed E-state index contributed by atoms with van der Waals surface area (Å²) < 4.78 is 12.1. The van der Waals surface area contributed by atoms with E-state index in [0.717, 1.165) is 30.9 Å². The van der Waals surface area contributed by atoms with Crippen LogP contribution in [0, 0.1) is 11.8 Å². The van der Waals surface area contributed by atoms with Crippen LogP contribution in [0.3, 0.4) is 0 Å². The molecule has 1 saturated heterocycles. The van der Waals surface area contributed by atoms with Gasteiger partial charge < -0.3 is 10.2 Å². The standard InChI is InChI=1S/C13H24FN3.HI/c1-15-13(16-8-4-7-14)17-9-11-5-2-3-6-12(11)10-17;/h11-12H,2-10H2,1H3,(H,15,16);1H. The molecule has 0 radical (unpaired) electrons. The summed E-state index contributed by atoms with van der Waals surface area (Å²) in [5.41, 5.74) is 0. The zero-order valence-corrected chi connectivity index (χ0v) is 13.5. The Kier molecular flexibility index (Phi) is 7.26. The van der Waals surface area contributed by atoms with Crippen LogP contribution >= 0.6 is 24.0 Å². The molecule has 2 aliphatic rings. The van der Waals surface area contributed by atoms with E-state index in [9.17, 15) is 4.39 Å². The predicted molar refractivity (Wildman–Crippen MR) is 84.4 cm³/mol. The average molecular weight is 369 g/mol. The van der Waals surface area contributed by atoms with Gasteiger partial charge in [-0.1, -0.05) is 12.8 Å². The molecule has 0 bridgehead atoms. The number of hydrogen-bond donors (Lipinski definition) is 1.